The van der Waals surface area contributed by atoms with Gasteiger partial charge in [0.25, 0.3) is 0 Å². The Labute approximate surface area is 123 Å². The standard InChI is InChI=1S/C9H12N6OS3/c1-4-16-6-11-5(10-2)12-7(13-6)18-9-15-14-8(17-3)19-9/h4H2,1-3H3,(H,10,11,12,13). The maximum Gasteiger partial charge on any atom is 0.322 e. The molecule has 10 heteroatoms. The van der Waals surface area contributed by atoms with Gasteiger partial charge in [0.05, 0.1) is 6.61 Å². The van der Waals surface area contributed by atoms with Crippen LogP contribution in [0.1, 0.15) is 6.92 Å². The SMILES string of the molecule is CCOc1nc(NC)nc(Sc2nnc(SC)s2)n1. The van der Waals surface area contributed by atoms with Crippen molar-refractivity contribution in [2.24, 2.45) is 0 Å². The molecule has 7 nitrogen and oxygen atoms in total. The number of hydrogen-bond acceptors (Lipinski definition) is 10. The van der Waals surface area contributed by atoms with E-state index in [9.17, 15) is 0 Å². The van der Waals surface area contributed by atoms with E-state index in [4.69, 9.17) is 4.74 Å². The second kappa shape index (κ2) is 6.87. The largest absolute Gasteiger partial charge is 0.464 e. The molecule has 0 unspecified atom stereocenters. The van der Waals surface area contributed by atoms with Crippen LogP contribution in [0.3, 0.4) is 0 Å². The van der Waals surface area contributed by atoms with E-state index in [1.54, 1.807) is 18.8 Å². The molecule has 102 valence electrons. The number of nitrogens with one attached hydrogen (secondary N) is 1. The molecule has 0 atom stereocenters. The van der Waals surface area contributed by atoms with Crippen LogP contribution in [0.4, 0.5) is 5.95 Å². The van der Waals surface area contributed by atoms with Gasteiger partial charge in [0.2, 0.25) is 11.1 Å². The molecule has 0 aromatic carbocycles. The second-order valence-electron chi connectivity index (χ2n) is 3.05. The molecular weight excluding hydrogens is 304 g/mol. The summed E-state index contributed by atoms with van der Waals surface area (Å²) in [7, 11) is 1.75. The minimum absolute atomic E-state index is 0.305. The predicted octanol–water partition coefficient (Wildman–Crippen LogP) is 2.04. The van der Waals surface area contributed by atoms with Gasteiger partial charge in [0.1, 0.15) is 0 Å². The van der Waals surface area contributed by atoms with E-state index in [-0.39, 0.29) is 0 Å². The number of nitrogens with zero attached hydrogens (tertiary/aromatic N) is 5. The summed E-state index contributed by atoms with van der Waals surface area (Å²) in [6, 6.07) is 0.305. The predicted molar refractivity (Wildman–Crippen MR) is 76.4 cm³/mol. The van der Waals surface area contributed by atoms with Gasteiger partial charge in [0, 0.05) is 7.05 Å². The molecule has 19 heavy (non-hydrogen) atoms. The van der Waals surface area contributed by atoms with Gasteiger partial charge < -0.3 is 10.1 Å². The number of ether oxygens (including phenoxy) is 1. The minimum atomic E-state index is 0.305. The van der Waals surface area contributed by atoms with Gasteiger partial charge >= 0.3 is 6.01 Å². The van der Waals surface area contributed by atoms with Crippen molar-refractivity contribution in [3.63, 3.8) is 0 Å². The van der Waals surface area contributed by atoms with Crippen LogP contribution in [0, 0.1) is 0 Å². The van der Waals surface area contributed by atoms with Gasteiger partial charge in [-0.3, -0.25) is 0 Å². The lowest BCUT2D eigenvalue weighted by Crippen LogP contribution is -2.04. The zero-order valence-electron chi connectivity index (χ0n) is 10.6. The summed E-state index contributed by atoms with van der Waals surface area (Å²) < 4.78 is 7.00. The fraction of sp³-hybridized carbons (Fsp3) is 0.444. The van der Waals surface area contributed by atoms with E-state index < -0.39 is 0 Å². The van der Waals surface area contributed by atoms with E-state index in [1.807, 2.05) is 13.2 Å². The van der Waals surface area contributed by atoms with Crippen molar-refractivity contribution < 1.29 is 4.74 Å². The van der Waals surface area contributed by atoms with Crippen LogP contribution in [0.15, 0.2) is 13.8 Å². The first-order valence-corrected chi connectivity index (χ1v) is 8.23. The molecule has 0 aliphatic heterocycles. The molecular formula is C9H12N6OS3. The molecule has 0 bridgehead atoms. The Morgan fingerprint density at radius 2 is 2.00 bits per heavy atom. The van der Waals surface area contributed by atoms with Crippen LogP contribution in [-0.2, 0) is 0 Å². The number of rotatable bonds is 6. The molecule has 0 spiro atoms. The average molecular weight is 316 g/mol. The molecule has 0 saturated heterocycles. The highest BCUT2D eigenvalue weighted by Gasteiger charge is 2.11. The fourth-order valence-corrected chi connectivity index (χ4v) is 3.37. The Bertz CT molecular complexity index is 549. The lowest BCUT2D eigenvalue weighted by molar-refractivity contribution is 0.308. The van der Waals surface area contributed by atoms with Crippen molar-refractivity contribution in [1.82, 2.24) is 25.1 Å². The third-order valence-electron chi connectivity index (χ3n) is 1.83. The Morgan fingerprint density at radius 1 is 1.21 bits per heavy atom. The van der Waals surface area contributed by atoms with E-state index in [1.165, 1.54) is 23.1 Å². The van der Waals surface area contributed by atoms with Crippen LogP contribution in [0.25, 0.3) is 0 Å². The topological polar surface area (TPSA) is 85.7 Å². The first kappa shape index (κ1) is 14.3. The Hall–Kier alpha value is -1.13. The van der Waals surface area contributed by atoms with E-state index in [2.05, 4.69) is 30.5 Å². The molecule has 1 N–H and O–H groups in total. The lowest BCUT2D eigenvalue weighted by atomic mass is 10.8. The smallest absolute Gasteiger partial charge is 0.322 e. The zero-order chi connectivity index (χ0) is 13.7. The fourth-order valence-electron chi connectivity index (χ4n) is 1.09. The second-order valence-corrected chi connectivity index (χ2v) is 6.29. The van der Waals surface area contributed by atoms with Crippen molar-refractivity contribution in [2.45, 2.75) is 20.8 Å². The average Bonchev–Trinajstić information content (AvgIpc) is 2.86. The number of anilines is 1. The molecule has 2 rings (SSSR count). The van der Waals surface area contributed by atoms with Crippen LogP contribution in [-0.4, -0.2) is 45.1 Å². The molecule has 0 saturated carbocycles. The number of thioether (sulfide) groups is 1. The molecule has 0 aliphatic rings. The summed E-state index contributed by atoms with van der Waals surface area (Å²) in [5.41, 5.74) is 0. The van der Waals surface area contributed by atoms with Gasteiger partial charge in [-0.1, -0.05) is 23.1 Å². The van der Waals surface area contributed by atoms with E-state index in [0.717, 1.165) is 8.68 Å². The van der Waals surface area contributed by atoms with Crippen LogP contribution < -0.4 is 10.1 Å². The van der Waals surface area contributed by atoms with Gasteiger partial charge in [-0.15, -0.1) is 10.2 Å². The Kier molecular flexibility index (Phi) is 5.16. The maximum atomic E-state index is 5.30. The first-order chi connectivity index (χ1) is 9.25. The van der Waals surface area contributed by atoms with Crippen LogP contribution in [0.2, 0.25) is 0 Å². The molecule has 2 aromatic rings. The lowest BCUT2D eigenvalue weighted by Gasteiger charge is -2.04. The van der Waals surface area contributed by atoms with Crippen molar-refractivity contribution in [3.05, 3.63) is 0 Å². The van der Waals surface area contributed by atoms with Crippen molar-refractivity contribution >= 4 is 40.8 Å². The first-order valence-electron chi connectivity index (χ1n) is 5.37. The number of aromatic nitrogens is 5. The number of hydrogen-bond donors (Lipinski definition) is 1. The van der Waals surface area contributed by atoms with E-state index in [0.29, 0.717) is 23.7 Å². The monoisotopic (exact) mass is 316 g/mol. The highest BCUT2D eigenvalue weighted by molar-refractivity contribution is 8.02. The molecule has 2 heterocycles. The highest BCUT2D eigenvalue weighted by Crippen LogP contribution is 2.31. The molecule has 2 aromatic heterocycles. The molecule has 0 amide bonds. The summed E-state index contributed by atoms with van der Waals surface area (Å²) in [4.78, 5) is 12.6. The van der Waals surface area contributed by atoms with Crippen molar-refractivity contribution in [3.8, 4) is 6.01 Å². The van der Waals surface area contributed by atoms with Gasteiger partial charge in [-0.25, -0.2) is 0 Å². The van der Waals surface area contributed by atoms with Crippen LogP contribution >= 0.6 is 34.9 Å². The van der Waals surface area contributed by atoms with Gasteiger partial charge in [-0.2, -0.15) is 15.0 Å². The van der Waals surface area contributed by atoms with Crippen LogP contribution in [0.5, 0.6) is 6.01 Å². The molecule has 0 radical (unpaired) electrons. The third-order valence-corrected chi connectivity index (χ3v) is 4.65. The van der Waals surface area contributed by atoms with E-state index >= 15 is 0 Å². The van der Waals surface area contributed by atoms with Crippen molar-refractivity contribution in [1.29, 1.82) is 0 Å². The maximum absolute atomic E-state index is 5.30. The normalized spacial score (nSPS) is 10.5. The summed E-state index contributed by atoms with van der Waals surface area (Å²) in [6.07, 6.45) is 1.96. The Morgan fingerprint density at radius 3 is 2.63 bits per heavy atom. The quantitative estimate of drug-likeness (QED) is 0.804. The minimum Gasteiger partial charge on any atom is -0.464 e. The molecule has 0 aliphatic carbocycles. The summed E-state index contributed by atoms with van der Waals surface area (Å²) >= 11 is 4.41. The zero-order valence-corrected chi connectivity index (χ0v) is 13.0. The third kappa shape index (κ3) is 3.91. The summed E-state index contributed by atoms with van der Waals surface area (Å²) in [6.45, 7) is 2.39. The molecule has 0 fully saturated rings. The Balaban J connectivity index is 2.20. The summed E-state index contributed by atoms with van der Waals surface area (Å²) in [5, 5.41) is 11.5. The van der Waals surface area contributed by atoms with Gasteiger partial charge in [-0.05, 0) is 24.9 Å². The summed E-state index contributed by atoms with van der Waals surface area (Å²) in [5.74, 6) is 0.468. The van der Waals surface area contributed by atoms with Gasteiger partial charge in [0.15, 0.2) is 8.68 Å². The highest BCUT2D eigenvalue weighted by atomic mass is 32.2. The van der Waals surface area contributed by atoms with Crippen molar-refractivity contribution in [2.75, 3.05) is 25.2 Å².